The van der Waals surface area contributed by atoms with Crippen LogP contribution in [0.25, 0.3) is 0 Å². The average Bonchev–Trinajstić information content (AvgIpc) is 2.94. The summed E-state index contributed by atoms with van der Waals surface area (Å²) in [5.74, 6) is -2.35. The molecule has 0 aromatic heterocycles. The second kappa shape index (κ2) is 9.78. The fraction of sp³-hybridized carbons (Fsp3) is 0.550. The minimum Gasteiger partial charge on any atom is -0.483 e. The minimum atomic E-state index is -0.972. The number of rotatable bonds is 4. The van der Waals surface area contributed by atoms with Crippen molar-refractivity contribution in [1.29, 1.82) is 0 Å². The molecule has 2 saturated heterocycles. The van der Waals surface area contributed by atoms with Crippen molar-refractivity contribution in [3.8, 4) is 0 Å². The highest BCUT2D eigenvalue weighted by molar-refractivity contribution is 5.81. The van der Waals surface area contributed by atoms with Gasteiger partial charge in [-0.2, -0.15) is 0 Å². The summed E-state index contributed by atoms with van der Waals surface area (Å²) in [4.78, 5) is 36.8. The number of nitrogens with zero attached hydrogens (tertiary/aromatic N) is 2. The van der Waals surface area contributed by atoms with Crippen molar-refractivity contribution in [2.45, 2.75) is 31.8 Å². The third-order valence-electron chi connectivity index (χ3n) is 5.34. The Morgan fingerprint density at radius 1 is 1.34 bits per heavy atom. The molecule has 160 valence electrons. The molecule has 2 aliphatic rings. The standard InChI is InChI=1S/C19H24F2N2O3.CH2O2/c1-22(2)12-14-11-19(18(25)26-14)6-8-23(9-7-19)16(24)10-13-4-3-5-15(20)17(13)21;2-1-3/h3-5,14H,6-12H2,1-2H3;1H,(H,2,3). The zero-order valence-corrected chi connectivity index (χ0v) is 16.6. The highest BCUT2D eigenvalue weighted by Crippen LogP contribution is 2.43. The molecule has 1 amide bonds. The Kier molecular flexibility index (Phi) is 7.66. The molecule has 1 unspecified atom stereocenters. The summed E-state index contributed by atoms with van der Waals surface area (Å²) in [6.07, 6.45) is 1.48. The van der Waals surface area contributed by atoms with Crippen molar-refractivity contribution in [3.05, 3.63) is 35.4 Å². The van der Waals surface area contributed by atoms with Gasteiger partial charge in [-0.05, 0) is 33.0 Å². The molecule has 0 aliphatic carbocycles. The molecule has 1 aromatic rings. The highest BCUT2D eigenvalue weighted by Gasteiger charge is 2.50. The van der Waals surface area contributed by atoms with Crippen LogP contribution >= 0.6 is 0 Å². The SMILES string of the molecule is CN(C)CC1CC2(CCN(C(=O)Cc3cccc(F)c3F)CC2)C(=O)O1.O=CO. The van der Waals surface area contributed by atoms with Crippen molar-refractivity contribution in [1.82, 2.24) is 9.80 Å². The third-order valence-corrected chi connectivity index (χ3v) is 5.34. The van der Waals surface area contributed by atoms with Gasteiger partial charge in [-0.15, -0.1) is 0 Å². The van der Waals surface area contributed by atoms with Gasteiger partial charge in [0.15, 0.2) is 11.6 Å². The van der Waals surface area contributed by atoms with Gasteiger partial charge in [0.05, 0.1) is 11.8 Å². The van der Waals surface area contributed by atoms with Gasteiger partial charge >= 0.3 is 5.97 Å². The van der Waals surface area contributed by atoms with Gasteiger partial charge in [0, 0.05) is 31.6 Å². The summed E-state index contributed by atoms with van der Waals surface area (Å²) < 4.78 is 32.6. The van der Waals surface area contributed by atoms with E-state index >= 15 is 0 Å². The molecule has 2 fully saturated rings. The number of amides is 1. The summed E-state index contributed by atoms with van der Waals surface area (Å²) in [5, 5.41) is 6.89. The monoisotopic (exact) mass is 412 g/mol. The molecule has 0 bridgehead atoms. The van der Waals surface area contributed by atoms with Crippen LogP contribution in [0.1, 0.15) is 24.8 Å². The molecule has 2 aliphatic heterocycles. The molecule has 2 heterocycles. The summed E-state index contributed by atoms with van der Waals surface area (Å²) in [6, 6.07) is 3.84. The molecule has 7 nitrogen and oxygen atoms in total. The van der Waals surface area contributed by atoms with Crippen molar-refractivity contribution < 1.29 is 33.0 Å². The van der Waals surface area contributed by atoms with Gasteiger partial charge in [-0.3, -0.25) is 14.4 Å². The fourth-order valence-electron chi connectivity index (χ4n) is 3.90. The first-order valence-electron chi connectivity index (χ1n) is 9.36. The van der Waals surface area contributed by atoms with Crippen LogP contribution in [0.5, 0.6) is 0 Å². The molecule has 1 spiro atoms. The number of ether oxygens (including phenoxy) is 1. The predicted octanol–water partition coefficient (Wildman–Crippen LogP) is 1.69. The van der Waals surface area contributed by atoms with E-state index in [9.17, 15) is 18.4 Å². The van der Waals surface area contributed by atoms with Crippen LogP contribution < -0.4 is 0 Å². The normalized spacial score (nSPS) is 20.2. The van der Waals surface area contributed by atoms with Crippen molar-refractivity contribution in [2.24, 2.45) is 5.41 Å². The van der Waals surface area contributed by atoms with E-state index in [-0.39, 0.29) is 36.4 Å². The van der Waals surface area contributed by atoms with Gasteiger partial charge < -0.3 is 19.6 Å². The zero-order chi connectivity index (χ0) is 21.6. The molecular weight excluding hydrogens is 386 g/mol. The second-order valence-corrected chi connectivity index (χ2v) is 7.65. The van der Waals surface area contributed by atoms with E-state index in [1.165, 1.54) is 12.1 Å². The van der Waals surface area contributed by atoms with E-state index < -0.39 is 17.0 Å². The Morgan fingerprint density at radius 2 is 1.97 bits per heavy atom. The maximum Gasteiger partial charge on any atom is 0.312 e. The first-order chi connectivity index (χ1) is 13.7. The number of piperidine rings is 1. The van der Waals surface area contributed by atoms with Gasteiger partial charge in [-0.1, -0.05) is 12.1 Å². The Bertz CT molecular complexity index is 748. The van der Waals surface area contributed by atoms with Crippen molar-refractivity contribution in [2.75, 3.05) is 33.7 Å². The van der Waals surface area contributed by atoms with Crippen LogP contribution in [0.2, 0.25) is 0 Å². The smallest absolute Gasteiger partial charge is 0.312 e. The lowest BCUT2D eigenvalue weighted by atomic mass is 9.76. The number of carbonyl (C=O) groups is 3. The summed E-state index contributed by atoms with van der Waals surface area (Å²) in [5.41, 5.74) is -0.455. The molecular formula is C20H26F2N2O5. The van der Waals surface area contributed by atoms with Crippen LogP contribution in [0.3, 0.4) is 0 Å². The summed E-state index contributed by atoms with van der Waals surface area (Å²) in [6.45, 7) is 1.30. The molecule has 29 heavy (non-hydrogen) atoms. The quantitative estimate of drug-likeness (QED) is 0.598. The van der Waals surface area contributed by atoms with Crippen LogP contribution in [-0.2, 0) is 25.5 Å². The average molecular weight is 412 g/mol. The Morgan fingerprint density at radius 3 is 2.55 bits per heavy atom. The lowest BCUT2D eigenvalue weighted by Crippen LogP contribution is -2.45. The second-order valence-electron chi connectivity index (χ2n) is 7.65. The van der Waals surface area contributed by atoms with E-state index in [0.717, 1.165) is 6.07 Å². The number of halogens is 2. The fourth-order valence-corrected chi connectivity index (χ4v) is 3.90. The summed E-state index contributed by atoms with van der Waals surface area (Å²) in [7, 11) is 3.87. The van der Waals surface area contributed by atoms with Crippen LogP contribution in [-0.4, -0.2) is 73.1 Å². The Balaban J connectivity index is 0.000000941. The number of benzene rings is 1. The number of carboxylic acid groups (broad SMARTS) is 1. The topological polar surface area (TPSA) is 87.2 Å². The lowest BCUT2D eigenvalue weighted by molar-refractivity contribution is -0.152. The van der Waals surface area contributed by atoms with Crippen LogP contribution in [0.15, 0.2) is 18.2 Å². The number of hydrogen-bond donors (Lipinski definition) is 1. The molecule has 1 atom stereocenters. The molecule has 1 aromatic carbocycles. The van der Waals surface area contributed by atoms with E-state index in [4.69, 9.17) is 14.6 Å². The molecule has 9 heteroatoms. The Hall–Kier alpha value is -2.55. The molecule has 1 N–H and O–H groups in total. The maximum absolute atomic E-state index is 13.8. The van der Waals surface area contributed by atoms with Gasteiger partial charge in [0.2, 0.25) is 5.91 Å². The van der Waals surface area contributed by atoms with Gasteiger partial charge in [-0.25, -0.2) is 8.78 Å². The number of likely N-dealkylation sites (N-methyl/N-ethyl adjacent to an activating group) is 1. The summed E-state index contributed by atoms with van der Waals surface area (Å²) >= 11 is 0. The zero-order valence-electron chi connectivity index (χ0n) is 16.6. The predicted molar refractivity (Wildman–Crippen MR) is 100 cm³/mol. The first-order valence-corrected chi connectivity index (χ1v) is 9.36. The first kappa shape index (κ1) is 22.7. The molecule has 0 saturated carbocycles. The lowest BCUT2D eigenvalue weighted by Gasteiger charge is -2.36. The largest absolute Gasteiger partial charge is 0.483 e. The van der Waals surface area contributed by atoms with E-state index in [1.54, 1.807) is 4.90 Å². The van der Waals surface area contributed by atoms with Gasteiger partial charge in [0.1, 0.15) is 6.10 Å². The molecule has 0 radical (unpaired) electrons. The van der Waals surface area contributed by atoms with Crippen LogP contribution in [0.4, 0.5) is 8.78 Å². The van der Waals surface area contributed by atoms with E-state index in [2.05, 4.69) is 0 Å². The minimum absolute atomic E-state index is 0.0570. The van der Waals surface area contributed by atoms with Crippen LogP contribution in [0, 0.1) is 17.0 Å². The number of esters is 1. The van der Waals surface area contributed by atoms with E-state index in [0.29, 0.717) is 38.9 Å². The number of hydrogen-bond acceptors (Lipinski definition) is 5. The van der Waals surface area contributed by atoms with Gasteiger partial charge in [0.25, 0.3) is 6.47 Å². The maximum atomic E-state index is 13.8. The highest BCUT2D eigenvalue weighted by atomic mass is 19.2. The van der Waals surface area contributed by atoms with E-state index in [1.807, 2.05) is 19.0 Å². The molecule has 3 rings (SSSR count). The number of carbonyl (C=O) groups excluding carboxylic acids is 2. The third kappa shape index (κ3) is 5.50. The van der Waals surface area contributed by atoms with Crippen molar-refractivity contribution in [3.63, 3.8) is 0 Å². The Labute approximate surface area is 168 Å². The van der Waals surface area contributed by atoms with Crippen molar-refractivity contribution >= 4 is 18.3 Å². The number of likely N-dealkylation sites (tertiary alicyclic amines) is 1. The number of cyclic esters (lactones) is 1.